The summed E-state index contributed by atoms with van der Waals surface area (Å²) in [5.41, 5.74) is 1.77. The van der Waals surface area contributed by atoms with Gasteiger partial charge in [-0.2, -0.15) is 0 Å². The standard InChI is InChI=1S/C28H31NO6/c1-32-24-17-20(18-25(33-2)27(24)34-3)26(29-15-8-7-14-23(29)28(30)31)19-10-9-13-22(16-19)35-21-11-5-4-6-12-21/h4-6,9-13,16-18,23,26H,7-8,14-15H2,1-3H3,(H,30,31). The maximum absolute atomic E-state index is 12.3. The van der Waals surface area contributed by atoms with E-state index in [4.69, 9.17) is 18.9 Å². The highest BCUT2D eigenvalue weighted by atomic mass is 16.5. The topological polar surface area (TPSA) is 77.5 Å². The van der Waals surface area contributed by atoms with Gasteiger partial charge in [-0.3, -0.25) is 9.69 Å². The van der Waals surface area contributed by atoms with Crippen molar-refractivity contribution in [3.8, 4) is 28.7 Å². The van der Waals surface area contributed by atoms with Gasteiger partial charge in [-0.1, -0.05) is 36.8 Å². The van der Waals surface area contributed by atoms with Gasteiger partial charge in [0.1, 0.15) is 17.5 Å². The number of hydrogen-bond acceptors (Lipinski definition) is 6. The molecule has 0 saturated carbocycles. The molecule has 7 heteroatoms. The molecule has 4 rings (SSSR count). The van der Waals surface area contributed by atoms with E-state index in [2.05, 4.69) is 0 Å². The lowest BCUT2D eigenvalue weighted by molar-refractivity contribution is -0.145. The zero-order chi connectivity index (χ0) is 24.8. The van der Waals surface area contributed by atoms with Crippen LogP contribution in [0.3, 0.4) is 0 Å². The van der Waals surface area contributed by atoms with Crippen LogP contribution in [0.5, 0.6) is 28.7 Å². The second kappa shape index (κ2) is 11.1. The molecule has 3 aromatic rings. The maximum Gasteiger partial charge on any atom is 0.320 e. The highest BCUT2D eigenvalue weighted by Gasteiger charge is 2.36. The highest BCUT2D eigenvalue weighted by molar-refractivity contribution is 5.74. The molecule has 0 aromatic heterocycles. The number of ether oxygens (including phenoxy) is 4. The second-order valence-corrected chi connectivity index (χ2v) is 8.44. The van der Waals surface area contributed by atoms with Crippen molar-refractivity contribution in [1.29, 1.82) is 0 Å². The van der Waals surface area contributed by atoms with Crippen LogP contribution in [0.25, 0.3) is 0 Å². The van der Waals surface area contributed by atoms with Gasteiger partial charge in [0, 0.05) is 0 Å². The molecule has 0 spiro atoms. The average molecular weight is 478 g/mol. The quantitative estimate of drug-likeness (QED) is 0.434. The zero-order valence-corrected chi connectivity index (χ0v) is 20.3. The lowest BCUT2D eigenvalue weighted by Gasteiger charge is -2.40. The summed E-state index contributed by atoms with van der Waals surface area (Å²) in [5, 5.41) is 10.0. The fourth-order valence-corrected chi connectivity index (χ4v) is 4.74. The summed E-state index contributed by atoms with van der Waals surface area (Å²) < 4.78 is 22.8. The minimum Gasteiger partial charge on any atom is -0.493 e. The van der Waals surface area contributed by atoms with E-state index in [1.165, 1.54) is 0 Å². The molecule has 7 nitrogen and oxygen atoms in total. The smallest absolute Gasteiger partial charge is 0.320 e. The van der Waals surface area contributed by atoms with Crippen LogP contribution in [0.2, 0.25) is 0 Å². The summed E-state index contributed by atoms with van der Waals surface area (Å²) >= 11 is 0. The third kappa shape index (κ3) is 5.35. The van der Waals surface area contributed by atoms with Gasteiger partial charge in [0.2, 0.25) is 5.75 Å². The Hall–Kier alpha value is -3.71. The first-order valence-corrected chi connectivity index (χ1v) is 11.7. The fourth-order valence-electron chi connectivity index (χ4n) is 4.74. The van der Waals surface area contributed by atoms with Crippen molar-refractivity contribution in [3.63, 3.8) is 0 Å². The van der Waals surface area contributed by atoms with E-state index in [0.717, 1.165) is 29.7 Å². The molecule has 1 aliphatic rings. The Labute approximate surface area is 205 Å². The number of carboxylic acids is 1. The molecule has 0 amide bonds. The highest BCUT2D eigenvalue weighted by Crippen LogP contribution is 2.44. The van der Waals surface area contributed by atoms with Crippen molar-refractivity contribution in [2.75, 3.05) is 27.9 Å². The first-order valence-electron chi connectivity index (χ1n) is 11.7. The van der Waals surface area contributed by atoms with Crippen LogP contribution in [-0.2, 0) is 4.79 Å². The van der Waals surface area contributed by atoms with Gasteiger partial charge in [0.25, 0.3) is 0 Å². The van der Waals surface area contributed by atoms with Crippen LogP contribution < -0.4 is 18.9 Å². The molecule has 0 radical (unpaired) electrons. The molecule has 184 valence electrons. The van der Waals surface area contributed by atoms with Gasteiger partial charge in [-0.25, -0.2) is 0 Å². The number of rotatable bonds is 9. The second-order valence-electron chi connectivity index (χ2n) is 8.44. The summed E-state index contributed by atoms with van der Waals surface area (Å²) in [6, 6.07) is 20.2. The van der Waals surface area contributed by atoms with Crippen molar-refractivity contribution in [2.24, 2.45) is 0 Å². The van der Waals surface area contributed by atoms with Gasteiger partial charge in [0.15, 0.2) is 11.5 Å². The summed E-state index contributed by atoms with van der Waals surface area (Å²) in [6.45, 7) is 0.655. The van der Waals surface area contributed by atoms with E-state index < -0.39 is 12.0 Å². The van der Waals surface area contributed by atoms with Crippen molar-refractivity contribution in [2.45, 2.75) is 31.3 Å². The Morgan fingerprint density at radius 3 is 2.17 bits per heavy atom. The average Bonchev–Trinajstić information content (AvgIpc) is 2.89. The third-order valence-corrected chi connectivity index (χ3v) is 6.32. The molecule has 0 aliphatic carbocycles. The van der Waals surface area contributed by atoms with Crippen molar-refractivity contribution >= 4 is 5.97 Å². The van der Waals surface area contributed by atoms with Gasteiger partial charge < -0.3 is 24.1 Å². The van der Waals surface area contributed by atoms with Crippen LogP contribution in [0, 0.1) is 0 Å². The Kier molecular flexibility index (Phi) is 7.77. The zero-order valence-electron chi connectivity index (χ0n) is 20.3. The van der Waals surface area contributed by atoms with Crippen LogP contribution in [-0.4, -0.2) is 49.9 Å². The minimum atomic E-state index is -0.821. The number of carbonyl (C=O) groups is 1. The van der Waals surface area contributed by atoms with Crippen molar-refractivity contribution < 1.29 is 28.8 Å². The van der Waals surface area contributed by atoms with Crippen LogP contribution in [0.4, 0.5) is 0 Å². The number of carboxylic acid groups (broad SMARTS) is 1. The molecule has 0 bridgehead atoms. The summed E-state index contributed by atoms with van der Waals surface area (Å²) in [5.74, 6) is 2.12. The molecular weight excluding hydrogens is 446 g/mol. The van der Waals surface area contributed by atoms with E-state index in [9.17, 15) is 9.90 Å². The molecule has 2 atom stereocenters. The summed E-state index contributed by atoms with van der Waals surface area (Å²) in [7, 11) is 4.71. The lowest BCUT2D eigenvalue weighted by Crippen LogP contribution is -2.46. The van der Waals surface area contributed by atoms with Crippen LogP contribution in [0.1, 0.15) is 36.4 Å². The Morgan fingerprint density at radius 1 is 0.857 bits per heavy atom. The summed E-state index contributed by atoms with van der Waals surface area (Å²) in [6.07, 6.45) is 2.40. The number of aliphatic carboxylic acids is 1. The Morgan fingerprint density at radius 2 is 1.54 bits per heavy atom. The van der Waals surface area contributed by atoms with E-state index >= 15 is 0 Å². The number of benzene rings is 3. The predicted molar refractivity (Wildman–Crippen MR) is 133 cm³/mol. The number of nitrogens with zero attached hydrogens (tertiary/aromatic N) is 1. The minimum absolute atomic E-state index is 0.357. The van der Waals surface area contributed by atoms with Crippen molar-refractivity contribution in [1.82, 2.24) is 4.90 Å². The molecule has 2 unspecified atom stereocenters. The Bertz CT molecular complexity index is 1120. The number of hydrogen-bond donors (Lipinski definition) is 1. The van der Waals surface area contributed by atoms with Gasteiger partial charge in [-0.05, 0) is 66.9 Å². The van der Waals surface area contributed by atoms with Gasteiger partial charge >= 0.3 is 5.97 Å². The van der Waals surface area contributed by atoms with Crippen LogP contribution in [0.15, 0.2) is 66.7 Å². The lowest BCUT2D eigenvalue weighted by atomic mass is 9.91. The monoisotopic (exact) mass is 477 g/mol. The number of piperidine rings is 1. The molecule has 1 heterocycles. The first kappa shape index (κ1) is 24.4. The molecule has 1 fully saturated rings. The normalized spacial score (nSPS) is 16.8. The summed E-state index contributed by atoms with van der Waals surface area (Å²) in [4.78, 5) is 14.3. The number of para-hydroxylation sites is 1. The fraction of sp³-hybridized carbons (Fsp3) is 0.321. The third-order valence-electron chi connectivity index (χ3n) is 6.32. The number of methoxy groups -OCH3 is 3. The van der Waals surface area contributed by atoms with E-state index in [-0.39, 0.29) is 6.04 Å². The number of likely N-dealkylation sites (tertiary alicyclic amines) is 1. The molecule has 3 aromatic carbocycles. The van der Waals surface area contributed by atoms with Gasteiger partial charge in [0.05, 0.1) is 27.4 Å². The van der Waals surface area contributed by atoms with E-state index in [0.29, 0.717) is 36.0 Å². The van der Waals surface area contributed by atoms with Crippen LogP contribution >= 0.6 is 0 Å². The maximum atomic E-state index is 12.3. The largest absolute Gasteiger partial charge is 0.493 e. The predicted octanol–water partition coefficient (Wildman–Crippen LogP) is 5.53. The molecule has 35 heavy (non-hydrogen) atoms. The molecule has 1 aliphatic heterocycles. The first-order chi connectivity index (χ1) is 17.0. The van der Waals surface area contributed by atoms with Gasteiger partial charge in [-0.15, -0.1) is 0 Å². The Balaban J connectivity index is 1.83. The van der Waals surface area contributed by atoms with E-state index in [1.807, 2.05) is 71.6 Å². The molecular formula is C28H31NO6. The van der Waals surface area contributed by atoms with Crippen molar-refractivity contribution in [3.05, 3.63) is 77.9 Å². The van der Waals surface area contributed by atoms with E-state index in [1.54, 1.807) is 21.3 Å². The SMILES string of the molecule is COc1cc(C(c2cccc(Oc3ccccc3)c2)N2CCCCC2C(=O)O)cc(OC)c1OC. The molecule has 1 saturated heterocycles. The molecule has 1 N–H and O–H groups in total.